The van der Waals surface area contributed by atoms with Gasteiger partial charge in [0.05, 0.1) is 27.5 Å². The normalized spacial score (nSPS) is 19.2. The average Bonchev–Trinajstić information content (AvgIpc) is 2.64. The predicted octanol–water partition coefficient (Wildman–Crippen LogP) is 1.92. The Labute approximate surface area is 123 Å². The van der Waals surface area contributed by atoms with E-state index >= 15 is 0 Å². The fourth-order valence-electron chi connectivity index (χ4n) is 2.87. The average molecular weight is 331 g/mol. The van der Waals surface area contributed by atoms with Crippen molar-refractivity contribution in [3.63, 3.8) is 0 Å². The fraction of sp³-hybridized carbons (Fsp3) is 0.769. The second-order valence-corrected chi connectivity index (χ2v) is 6.00. The smallest absolute Gasteiger partial charge is 0.0848 e. The molecule has 6 heteroatoms. The van der Waals surface area contributed by atoms with E-state index in [-0.39, 0.29) is 11.6 Å². The number of hydrogen-bond donors (Lipinski definition) is 2. The summed E-state index contributed by atoms with van der Waals surface area (Å²) < 4.78 is 8.85. The number of methoxy groups -OCH3 is 1. The molecule has 1 heterocycles. The number of hydrogen-bond acceptors (Lipinski definition) is 4. The van der Waals surface area contributed by atoms with Crippen LogP contribution in [0, 0.1) is 6.92 Å². The monoisotopic (exact) mass is 330 g/mol. The molecular formula is C13H23BrN4O. The first-order valence-corrected chi connectivity index (χ1v) is 7.60. The van der Waals surface area contributed by atoms with E-state index in [9.17, 15) is 0 Å². The van der Waals surface area contributed by atoms with Gasteiger partial charge in [-0.05, 0) is 49.0 Å². The molecule has 5 nitrogen and oxygen atoms in total. The molecule has 1 unspecified atom stereocenters. The van der Waals surface area contributed by atoms with E-state index in [0.29, 0.717) is 0 Å². The summed E-state index contributed by atoms with van der Waals surface area (Å²) in [5, 5.41) is 4.53. The minimum absolute atomic E-state index is 0.115. The van der Waals surface area contributed by atoms with Gasteiger partial charge in [0, 0.05) is 20.1 Å². The highest BCUT2D eigenvalue weighted by molar-refractivity contribution is 9.10. The maximum Gasteiger partial charge on any atom is 0.0848 e. The summed E-state index contributed by atoms with van der Waals surface area (Å²) in [6, 6.07) is 0.115. The minimum atomic E-state index is -0.120. The van der Waals surface area contributed by atoms with Gasteiger partial charge in [0.15, 0.2) is 0 Å². The van der Waals surface area contributed by atoms with Gasteiger partial charge in [0.25, 0.3) is 0 Å². The molecule has 1 atom stereocenters. The van der Waals surface area contributed by atoms with Gasteiger partial charge in [0.2, 0.25) is 0 Å². The summed E-state index contributed by atoms with van der Waals surface area (Å²) in [7, 11) is 1.78. The zero-order chi connectivity index (χ0) is 14.0. The number of nitrogens with one attached hydrogen (secondary N) is 1. The second-order valence-electron chi connectivity index (χ2n) is 5.21. The van der Waals surface area contributed by atoms with E-state index in [2.05, 4.69) is 33.4 Å². The fourth-order valence-corrected chi connectivity index (χ4v) is 3.32. The number of aromatic nitrogens is 2. The summed E-state index contributed by atoms with van der Waals surface area (Å²) >= 11 is 3.64. The topological polar surface area (TPSA) is 65.1 Å². The predicted molar refractivity (Wildman–Crippen MR) is 78.7 cm³/mol. The Bertz CT molecular complexity index is 437. The second kappa shape index (κ2) is 5.91. The van der Waals surface area contributed by atoms with Gasteiger partial charge in [0.1, 0.15) is 0 Å². The largest absolute Gasteiger partial charge is 0.377 e. The molecule has 108 valence electrons. The van der Waals surface area contributed by atoms with Crippen LogP contribution < -0.4 is 11.3 Å². The van der Waals surface area contributed by atoms with Gasteiger partial charge in [-0.15, -0.1) is 0 Å². The molecule has 0 radical (unpaired) electrons. The summed E-state index contributed by atoms with van der Waals surface area (Å²) in [6.07, 6.45) is 4.16. The van der Waals surface area contributed by atoms with Gasteiger partial charge in [-0.3, -0.25) is 16.0 Å². The van der Waals surface area contributed by atoms with Crippen LogP contribution >= 0.6 is 15.9 Å². The molecule has 1 aromatic rings. The van der Waals surface area contributed by atoms with Crippen LogP contribution in [0.25, 0.3) is 0 Å². The maximum absolute atomic E-state index is 5.77. The van der Waals surface area contributed by atoms with Crippen molar-refractivity contribution in [2.75, 3.05) is 7.11 Å². The van der Waals surface area contributed by atoms with Gasteiger partial charge >= 0.3 is 0 Å². The Kier molecular flexibility index (Phi) is 4.66. The molecular weight excluding hydrogens is 308 g/mol. The van der Waals surface area contributed by atoms with Crippen molar-refractivity contribution >= 4 is 15.9 Å². The number of hydrazine groups is 1. The van der Waals surface area contributed by atoms with E-state index in [0.717, 1.165) is 36.0 Å². The van der Waals surface area contributed by atoms with Crippen LogP contribution in [0.3, 0.4) is 0 Å². The highest BCUT2D eigenvalue weighted by atomic mass is 79.9. The lowest BCUT2D eigenvalue weighted by molar-refractivity contribution is -0.0985. The van der Waals surface area contributed by atoms with E-state index in [4.69, 9.17) is 10.6 Å². The lowest BCUT2D eigenvalue weighted by atomic mass is 9.73. The molecule has 2 rings (SSSR count). The molecule has 3 N–H and O–H groups in total. The first-order chi connectivity index (χ1) is 9.07. The summed E-state index contributed by atoms with van der Waals surface area (Å²) in [5.41, 5.74) is 5.03. The van der Waals surface area contributed by atoms with Crippen molar-refractivity contribution in [1.29, 1.82) is 0 Å². The van der Waals surface area contributed by atoms with Crippen LogP contribution in [0.4, 0.5) is 0 Å². The number of rotatable bonds is 6. The van der Waals surface area contributed by atoms with Crippen LogP contribution in [-0.2, 0) is 17.7 Å². The zero-order valence-electron chi connectivity index (χ0n) is 11.9. The summed E-state index contributed by atoms with van der Waals surface area (Å²) in [4.78, 5) is 0. The summed E-state index contributed by atoms with van der Waals surface area (Å²) in [6.45, 7) is 4.97. The van der Waals surface area contributed by atoms with Crippen LogP contribution in [0.1, 0.15) is 37.6 Å². The van der Waals surface area contributed by atoms with Gasteiger partial charge in [-0.1, -0.05) is 0 Å². The van der Waals surface area contributed by atoms with Gasteiger partial charge in [-0.2, -0.15) is 5.10 Å². The molecule has 1 aliphatic rings. The number of nitrogens with zero attached hydrogens (tertiary/aromatic N) is 2. The van der Waals surface area contributed by atoms with Crippen molar-refractivity contribution < 1.29 is 4.74 Å². The Morgan fingerprint density at radius 1 is 1.58 bits per heavy atom. The maximum atomic E-state index is 5.77. The standard InChI is InChI=1S/C13H23BrN4O/c1-4-18-10(12(14)9(2)17-18)8-11(16-15)13(19-3)6-5-7-13/h11,16H,4-8,15H2,1-3H3. The number of halogens is 1. The van der Waals surface area contributed by atoms with E-state index in [1.165, 1.54) is 12.1 Å². The van der Waals surface area contributed by atoms with Crippen LogP contribution in [0.15, 0.2) is 4.47 Å². The molecule has 0 saturated heterocycles. The Morgan fingerprint density at radius 2 is 2.26 bits per heavy atom. The third-order valence-electron chi connectivity index (χ3n) is 4.29. The Hall–Kier alpha value is -0.430. The first kappa shape index (κ1) is 15.0. The molecule has 0 bridgehead atoms. The highest BCUT2D eigenvalue weighted by Crippen LogP contribution is 2.39. The molecule has 19 heavy (non-hydrogen) atoms. The Balaban J connectivity index is 2.23. The third-order valence-corrected chi connectivity index (χ3v) is 5.32. The lowest BCUT2D eigenvalue weighted by Gasteiger charge is -2.46. The number of ether oxygens (including phenoxy) is 1. The molecule has 0 aliphatic heterocycles. The molecule has 1 saturated carbocycles. The number of nitrogens with two attached hydrogens (primary N) is 1. The Morgan fingerprint density at radius 3 is 2.68 bits per heavy atom. The van der Waals surface area contributed by atoms with E-state index < -0.39 is 0 Å². The quantitative estimate of drug-likeness (QED) is 0.617. The highest BCUT2D eigenvalue weighted by Gasteiger charge is 2.44. The van der Waals surface area contributed by atoms with Crippen LogP contribution in [-0.4, -0.2) is 28.5 Å². The minimum Gasteiger partial charge on any atom is -0.377 e. The van der Waals surface area contributed by atoms with Crippen molar-refractivity contribution in [3.05, 3.63) is 15.9 Å². The zero-order valence-corrected chi connectivity index (χ0v) is 13.5. The van der Waals surface area contributed by atoms with Crippen molar-refractivity contribution in [2.24, 2.45) is 5.84 Å². The van der Waals surface area contributed by atoms with Crippen LogP contribution in [0.2, 0.25) is 0 Å². The third kappa shape index (κ3) is 2.59. The molecule has 1 aromatic heterocycles. The van der Waals surface area contributed by atoms with Gasteiger partial charge < -0.3 is 4.74 Å². The molecule has 0 spiro atoms. The summed E-state index contributed by atoms with van der Waals surface area (Å²) in [5.74, 6) is 5.77. The molecule has 0 amide bonds. The van der Waals surface area contributed by atoms with E-state index in [1.54, 1.807) is 7.11 Å². The molecule has 1 aliphatic carbocycles. The number of aryl methyl sites for hydroxylation is 2. The first-order valence-electron chi connectivity index (χ1n) is 6.81. The van der Waals surface area contributed by atoms with E-state index in [1.807, 2.05) is 11.6 Å². The van der Waals surface area contributed by atoms with Crippen molar-refractivity contribution in [3.8, 4) is 0 Å². The van der Waals surface area contributed by atoms with Crippen molar-refractivity contribution in [1.82, 2.24) is 15.2 Å². The van der Waals surface area contributed by atoms with Crippen molar-refractivity contribution in [2.45, 2.75) is 57.7 Å². The van der Waals surface area contributed by atoms with Gasteiger partial charge in [-0.25, -0.2) is 0 Å². The van der Waals surface area contributed by atoms with Crippen LogP contribution in [0.5, 0.6) is 0 Å². The SMILES string of the molecule is CCn1nc(C)c(Br)c1CC(NN)C1(OC)CCC1. The lowest BCUT2D eigenvalue weighted by Crippen LogP contribution is -2.59. The molecule has 0 aromatic carbocycles. The molecule has 1 fully saturated rings.